The monoisotopic (exact) mass is 360 g/mol. The van der Waals surface area contributed by atoms with Crippen LogP contribution < -0.4 is 21.7 Å². The van der Waals surface area contributed by atoms with Crippen molar-refractivity contribution in [3.8, 4) is 0 Å². The van der Waals surface area contributed by atoms with E-state index >= 15 is 0 Å². The Bertz CT molecular complexity index is 494. The highest BCUT2D eigenvalue weighted by Gasteiger charge is 2.28. The molecular formula is C15H28N4O6. The summed E-state index contributed by atoms with van der Waals surface area (Å²) in [6.45, 7) is 5.85. The molecule has 0 rings (SSSR count). The number of aliphatic hydroxyl groups is 1. The molecule has 0 fully saturated rings. The van der Waals surface area contributed by atoms with Crippen LogP contribution in [0.4, 0.5) is 0 Å². The van der Waals surface area contributed by atoms with Gasteiger partial charge in [-0.25, -0.2) is 0 Å². The van der Waals surface area contributed by atoms with Gasteiger partial charge >= 0.3 is 5.97 Å². The van der Waals surface area contributed by atoms with Crippen molar-refractivity contribution in [1.82, 2.24) is 16.0 Å². The van der Waals surface area contributed by atoms with Crippen LogP contribution >= 0.6 is 0 Å². The number of carbonyl (C=O) groups excluding carboxylic acids is 3. The molecule has 10 nitrogen and oxygen atoms in total. The van der Waals surface area contributed by atoms with Gasteiger partial charge in [0.2, 0.25) is 17.7 Å². The Morgan fingerprint density at radius 3 is 1.96 bits per heavy atom. The zero-order valence-corrected chi connectivity index (χ0v) is 14.9. The Labute approximate surface area is 146 Å². The fourth-order valence-electron chi connectivity index (χ4n) is 1.96. The molecular weight excluding hydrogens is 332 g/mol. The van der Waals surface area contributed by atoms with E-state index in [1.165, 1.54) is 13.8 Å². The molecule has 0 saturated carbocycles. The van der Waals surface area contributed by atoms with Crippen LogP contribution in [0.5, 0.6) is 0 Å². The number of carboxylic acids is 1. The maximum Gasteiger partial charge on any atom is 0.322 e. The minimum atomic E-state index is -1.35. The van der Waals surface area contributed by atoms with Gasteiger partial charge in [0, 0.05) is 0 Å². The van der Waals surface area contributed by atoms with E-state index in [1.807, 2.05) is 13.8 Å². The minimum absolute atomic E-state index is 0.211. The van der Waals surface area contributed by atoms with Crippen molar-refractivity contribution in [2.24, 2.45) is 11.7 Å². The molecule has 3 amide bonds. The van der Waals surface area contributed by atoms with Crippen molar-refractivity contribution < 1.29 is 29.4 Å². The number of hydrogen-bond acceptors (Lipinski definition) is 6. The van der Waals surface area contributed by atoms with Gasteiger partial charge in [0.05, 0.1) is 12.1 Å². The summed E-state index contributed by atoms with van der Waals surface area (Å²) in [5.41, 5.74) is 5.73. The molecule has 10 heteroatoms. The van der Waals surface area contributed by atoms with E-state index in [0.29, 0.717) is 6.42 Å². The SMILES string of the molecule is CC(C)CC(N)C(=O)NC(C)C(=O)NC(C(=O)NCC(=O)O)C(C)O. The molecule has 0 bridgehead atoms. The van der Waals surface area contributed by atoms with E-state index in [1.54, 1.807) is 0 Å². The maximum absolute atomic E-state index is 12.1. The lowest BCUT2D eigenvalue weighted by Gasteiger charge is -2.23. The highest BCUT2D eigenvalue weighted by atomic mass is 16.4. The summed E-state index contributed by atoms with van der Waals surface area (Å²) < 4.78 is 0. The lowest BCUT2D eigenvalue weighted by molar-refractivity contribution is -0.139. The first-order valence-electron chi connectivity index (χ1n) is 7.99. The highest BCUT2D eigenvalue weighted by molar-refractivity contribution is 5.93. The third kappa shape index (κ3) is 9.01. The number of nitrogens with one attached hydrogen (secondary N) is 3. The molecule has 0 aliphatic carbocycles. The summed E-state index contributed by atoms with van der Waals surface area (Å²) >= 11 is 0. The highest BCUT2D eigenvalue weighted by Crippen LogP contribution is 2.03. The van der Waals surface area contributed by atoms with Crippen LogP contribution in [0.3, 0.4) is 0 Å². The summed E-state index contributed by atoms with van der Waals surface area (Å²) in [6.07, 6.45) is -0.808. The predicted molar refractivity (Wildman–Crippen MR) is 89.3 cm³/mol. The number of carbonyl (C=O) groups is 4. The first kappa shape index (κ1) is 22.8. The van der Waals surface area contributed by atoms with Crippen LogP contribution in [0.1, 0.15) is 34.1 Å². The topological polar surface area (TPSA) is 171 Å². The number of hydrogen-bond donors (Lipinski definition) is 6. The number of carboxylic acid groups (broad SMARTS) is 1. The molecule has 0 heterocycles. The molecule has 0 radical (unpaired) electrons. The third-order valence-corrected chi connectivity index (χ3v) is 3.29. The van der Waals surface area contributed by atoms with Crippen LogP contribution in [0.15, 0.2) is 0 Å². The van der Waals surface area contributed by atoms with Gasteiger partial charge in [-0.1, -0.05) is 13.8 Å². The van der Waals surface area contributed by atoms with Crippen LogP contribution in [0, 0.1) is 5.92 Å². The van der Waals surface area contributed by atoms with Crippen molar-refractivity contribution in [2.75, 3.05) is 6.54 Å². The maximum atomic E-state index is 12.1. The number of nitrogens with two attached hydrogens (primary N) is 1. The Kier molecular flexibility index (Phi) is 9.69. The largest absolute Gasteiger partial charge is 0.480 e. The molecule has 0 aliphatic rings. The van der Waals surface area contributed by atoms with Gasteiger partial charge in [-0.05, 0) is 26.2 Å². The first-order valence-corrected chi connectivity index (χ1v) is 7.99. The molecule has 0 aromatic heterocycles. The Morgan fingerprint density at radius 2 is 1.52 bits per heavy atom. The molecule has 0 aliphatic heterocycles. The zero-order valence-electron chi connectivity index (χ0n) is 14.9. The normalized spacial score (nSPS) is 15.6. The standard InChI is InChI=1S/C15H28N4O6/c1-7(2)5-10(16)14(24)18-8(3)13(23)19-12(9(4)20)15(25)17-6-11(21)22/h7-10,12,20H,5-6,16H2,1-4H3,(H,17,25)(H,18,24)(H,19,23)(H,21,22). The lowest BCUT2D eigenvalue weighted by Crippen LogP contribution is -2.58. The molecule has 0 spiro atoms. The van der Waals surface area contributed by atoms with Gasteiger partial charge in [-0.2, -0.15) is 0 Å². The molecule has 0 aromatic rings. The van der Waals surface area contributed by atoms with Crippen LogP contribution in [-0.4, -0.2) is 64.7 Å². The smallest absolute Gasteiger partial charge is 0.322 e. The summed E-state index contributed by atoms with van der Waals surface area (Å²) in [4.78, 5) is 46.3. The van der Waals surface area contributed by atoms with Crippen molar-refractivity contribution in [3.63, 3.8) is 0 Å². The second-order valence-corrected chi connectivity index (χ2v) is 6.30. The van der Waals surface area contributed by atoms with Crippen molar-refractivity contribution in [2.45, 2.75) is 58.3 Å². The van der Waals surface area contributed by atoms with E-state index in [2.05, 4.69) is 16.0 Å². The second-order valence-electron chi connectivity index (χ2n) is 6.30. The van der Waals surface area contributed by atoms with Crippen molar-refractivity contribution in [3.05, 3.63) is 0 Å². The fourth-order valence-corrected chi connectivity index (χ4v) is 1.96. The average molecular weight is 360 g/mol. The van der Waals surface area contributed by atoms with Gasteiger partial charge in [-0.15, -0.1) is 0 Å². The zero-order chi connectivity index (χ0) is 19.7. The van der Waals surface area contributed by atoms with Crippen LogP contribution in [0.25, 0.3) is 0 Å². The summed E-state index contributed by atoms with van der Waals surface area (Å²) in [5.74, 6) is -3.10. The number of aliphatic carboxylic acids is 1. The van der Waals surface area contributed by atoms with E-state index in [-0.39, 0.29) is 5.92 Å². The van der Waals surface area contributed by atoms with Gasteiger partial charge < -0.3 is 31.9 Å². The van der Waals surface area contributed by atoms with E-state index < -0.39 is 54.5 Å². The first-order chi connectivity index (χ1) is 11.5. The third-order valence-electron chi connectivity index (χ3n) is 3.29. The molecule has 4 atom stereocenters. The summed E-state index contributed by atoms with van der Waals surface area (Å²) in [5, 5.41) is 24.9. The van der Waals surface area contributed by atoms with Gasteiger partial charge in [-0.3, -0.25) is 19.2 Å². The van der Waals surface area contributed by atoms with E-state index in [4.69, 9.17) is 10.8 Å². The van der Waals surface area contributed by atoms with Crippen molar-refractivity contribution in [1.29, 1.82) is 0 Å². The Morgan fingerprint density at radius 1 is 0.960 bits per heavy atom. The van der Waals surface area contributed by atoms with Gasteiger partial charge in [0.15, 0.2) is 0 Å². The predicted octanol–water partition coefficient (Wildman–Crippen LogP) is -2.07. The molecule has 25 heavy (non-hydrogen) atoms. The molecule has 0 saturated heterocycles. The molecule has 7 N–H and O–H groups in total. The van der Waals surface area contributed by atoms with Crippen LogP contribution in [-0.2, 0) is 19.2 Å². The average Bonchev–Trinajstić information content (AvgIpc) is 2.48. The van der Waals surface area contributed by atoms with Gasteiger partial charge in [0.1, 0.15) is 18.6 Å². The van der Waals surface area contributed by atoms with E-state index in [9.17, 15) is 24.3 Å². The van der Waals surface area contributed by atoms with E-state index in [0.717, 1.165) is 0 Å². The lowest BCUT2D eigenvalue weighted by atomic mass is 10.0. The van der Waals surface area contributed by atoms with Crippen LogP contribution in [0.2, 0.25) is 0 Å². The summed E-state index contributed by atoms with van der Waals surface area (Å²) in [7, 11) is 0. The number of amides is 3. The van der Waals surface area contributed by atoms with Crippen molar-refractivity contribution >= 4 is 23.7 Å². The summed E-state index contributed by atoms with van der Waals surface area (Å²) in [6, 6.07) is -3.10. The fraction of sp³-hybridized carbons (Fsp3) is 0.733. The Balaban J connectivity index is 4.70. The van der Waals surface area contributed by atoms with Gasteiger partial charge in [0.25, 0.3) is 0 Å². The second kappa shape index (κ2) is 10.6. The number of rotatable bonds is 10. The molecule has 4 unspecified atom stereocenters. The number of aliphatic hydroxyl groups excluding tert-OH is 1. The Hall–Kier alpha value is -2.20. The quantitative estimate of drug-likeness (QED) is 0.260. The minimum Gasteiger partial charge on any atom is -0.480 e. The molecule has 144 valence electrons. The molecule has 0 aromatic carbocycles.